The first-order chi connectivity index (χ1) is 8.71. The fraction of sp³-hybridized carbons (Fsp3) is 0.500. The molecule has 1 rings (SSSR count). The molecular formula is C16H24N2O. The van der Waals surface area contributed by atoms with E-state index in [4.69, 9.17) is 0 Å². The molecule has 0 spiro atoms. The Bertz CT molecular complexity index is 465. The van der Waals surface area contributed by atoms with Crippen LogP contribution in [0.4, 0.5) is 0 Å². The summed E-state index contributed by atoms with van der Waals surface area (Å²) in [5.41, 5.74) is 5.45. The molecule has 0 radical (unpaired) electrons. The van der Waals surface area contributed by atoms with Crippen LogP contribution in [0, 0.1) is 5.92 Å². The number of hydrazone groups is 1. The highest BCUT2D eigenvalue weighted by molar-refractivity contribution is 5.95. The number of carbonyl (C=O) groups excluding carboxylic acids is 1. The molecule has 0 atom stereocenters. The van der Waals surface area contributed by atoms with Gasteiger partial charge in [0.2, 0.25) is 0 Å². The maximum absolute atomic E-state index is 11.9. The molecule has 0 unspecified atom stereocenters. The Hall–Kier alpha value is -1.64. The predicted molar refractivity (Wildman–Crippen MR) is 80.6 cm³/mol. The van der Waals surface area contributed by atoms with Crippen LogP contribution in [0.15, 0.2) is 29.4 Å². The van der Waals surface area contributed by atoms with Gasteiger partial charge in [0, 0.05) is 11.3 Å². The number of hydrogen-bond donors (Lipinski definition) is 1. The number of carbonyl (C=O) groups is 1. The van der Waals surface area contributed by atoms with Crippen LogP contribution >= 0.6 is 0 Å². The minimum atomic E-state index is -0.166. The number of hydrogen-bond acceptors (Lipinski definition) is 2. The van der Waals surface area contributed by atoms with Crippen LogP contribution in [0.3, 0.4) is 0 Å². The molecule has 0 saturated carbocycles. The van der Waals surface area contributed by atoms with Crippen molar-refractivity contribution >= 4 is 11.6 Å². The quantitative estimate of drug-likeness (QED) is 0.652. The van der Waals surface area contributed by atoms with E-state index in [-0.39, 0.29) is 11.3 Å². The average molecular weight is 260 g/mol. The third-order valence-electron chi connectivity index (χ3n) is 3.18. The Balaban J connectivity index is 2.77. The largest absolute Gasteiger partial charge is 0.271 e. The summed E-state index contributed by atoms with van der Waals surface area (Å²) in [6.07, 6.45) is 0. The summed E-state index contributed by atoms with van der Waals surface area (Å²) in [4.78, 5) is 11.9. The molecule has 0 bridgehead atoms. The lowest BCUT2D eigenvalue weighted by molar-refractivity contribution is 0.0954. The molecule has 1 amide bonds. The standard InChI is InChI=1S/C16H24N2O/c1-11(2)12(3)17-18-15(19)13-7-9-14(10-8-13)16(4,5)6/h7-11H,1-6H3,(H,18,19)/b17-12-. The van der Waals surface area contributed by atoms with Gasteiger partial charge in [-0.25, -0.2) is 5.43 Å². The molecule has 19 heavy (non-hydrogen) atoms. The van der Waals surface area contributed by atoms with E-state index in [0.717, 1.165) is 5.71 Å². The molecule has 3 nitrogen and oxygen atoms in total. The van der Waals surface area contributed by atoms with Gasteiger partial charge in [-0.3, -0.25) is 4.79 Å². The lowest BCUT2D eigenvalue weighted by Crippen LogP contribution is -2.20. The van der Waals surface area contributed by atoms with Crippen LogP contribution < -0.4 is 5.43 Å². The van der Waals surface area contributed by atoms with Gasteiger partial charge in [0.05, 0.1) is 0 Å². The Morgan fingerprint density at radius 2 is 1.68 bits per heavy atom. The summed E-state index contributed by atoms with van der Waals surface area (Å²) in [5.74, 6) is 0.170. The summed E-state index contributed by atoms with van der Waals surface area (Å²) in [7, 11) is 0. The number of nitrogens with zero attached hydrogens (tertiary/aromatic N) is 1. The summed E-state index contributed by atoms with van der Waals surface area (Å²) in [5, 5.41) is 4.09. The molecular weight excluding hydrogens is 236 g/mol. The van der Waals surface area contributed by atoms with Crippen LogP contribution in [-0.4, -0.2) is 11.6 Å². The van der Waals surface area contributed by atoms with Crippen molar-refractivity contribution < 1.29 is 4.79 Å². The van der Waals surface area contributed by atoms with Crippen molar-refractivity contribution in [2.75, 3.05) is 0 Å². The van der Waals surface area contributed by atoms with Gasteiger partial charge in [-0.2, -0.15) is 5.10 Å². The predicted octanol–water partition coefficient (Wildman–Crippen LogP) is 3.75. The number of amides is 1. The van der Waals surface area contributed by atoms with E-state index >= 15 is 0 Å². The zero-order chi connectivity index (χ0) is 14.6. The topological polar surface area (TPSA) is 41.5 Å². The van der Waals surface area contributed by atoms with Gasteiger partial charge in [-0.05, 0) is 36.0 Å². The second-order valence-corrected chi connectivity index (χ2v) is 6.18. The molecule has 0 heterocycles. The van der Waals surface area contributed by atoms with Crippen molar-refractivity contribution in [3.63, 3.8) is 0 Å². The van der Waals surface area contributed by atoms with Crippen molar-refractivity contribution in [2.24, 2.45) is 11.0 Å². The van der Waals surface area contributed by atoms with Gasteiger partial charge in [-0.1, -0.05) is 46.8 Å². The second kappa shape index (κ2) is 6.00. The average Bonchev–Trinajstić information content (AvgIpc) is 2.34. The van der Waals surface area contributed by atoms with E-state index in [0.29, 0.717) is 11.5 Å². The highest BCUT2D eigenvalue weighted by atomic mass is 16.2. The highest BCUT2D eigenvalue weighted by Gasteiger charge is 2.14. The number of rotatable bonds is 3. The van der Waals surface area contributed by atoms with Gasteiger partial charge < -0.3 is 0 Å². The van der Waals surface area contributed by atoms with E-state index in [9.17, 15) is 4.79 Å². The summed E-state index contributed by atoms with van der Waals surface area (Å²) in [6.45, 7) is 12.5. The van der Waals surface area contributed by atoms with Crippen molar-refractivity contribution in [1.29, 1.82) is 0 Å². The first kappa shape index (κ1) is 15.4. The molecule has 0 aromatic heterocycles. The van der Waals surface area contributed by atoms with Crippen LogP contribution in [0.25, 0.3) is 0 Å². The van der Waals surface area contributed by atoms with Gasteiger partial charge in [0.25, 0.3) is 5.91 Å². The monoisotopic (exact) mass is 260 g/mol. The normalized spacial score (nSPS) is 12.7. The van der Waals surface area contributed by atoms with Crippen molar-refractivity contribution in [1.82, 2.24) is 5.43 Å². The smallest absolute Gasteiger partial charge is 0.267 e. The van der Waals surface area contributed by atoms with E-state index in [1.165, 1.54) is 5.56 Å². The zero-order valence-corrected chi connectivity index (χ0v) is 12.7. The Kier molecular flexibility index (Phi) is 4.87. The summed E-state index contributed by atoms with van der Waals surface area (Å²) < 4.78 is 0. The van der Waals surface area contributed by atoms with Crippen LogP contribution in [0.5, 0.6) is 0 Å². The number of nitrogens with one attached hydrogen (secondary N) is 1. The molecule has 1 aromatic rings. The molecule has 0 fully saturated rings. The van der Waals surface area contributed by atoms with E-state index in [2.05, 4.69) is 31.3 Å². The molecule has 3 heteroatoms. The van der Waals surface area contributed by atoms with Gasteiger partial charge in [0.15, 0.2) is 0 Å². The van der Waals surface area contributed by atoms with Gasteiger partial charge in [-0.15, -0.1) is 0 Å². The Morgan fingerprint density at radius 3 is 2.11 bits per heavy atom. The fourth-order valence-corrected chi connectivity index (χ4v) is 1.45. The van der Waals surface area contributed by atoms with Crippen LogP contribution in [0.1, 0.15) is 57.5 Å². The summed E-state index contributed by atoms with van der Waals surface area (Å²) in [6, 6.07) is 7.67. The molecule has 0 aliphatic heterocycles. The van der Waals surface area contributed by atoms with Crippen molar-refractivity contribution in [3.05, 3.63) is 35.4 Å². The second-order valence-electron chi connectivity index (χ2n) is 6.18. The molecule has 1 aromatic carbocycles. The van der Waals surface area contributed by atoms with E-state index in [1.54, 1.807) is 0 Å². The molecule has 1 N–H and O–H groups in total. The van der Waals surface area contributed by atoms with Crippen molar-refractivity contribution in [2.45, 2.75) is 47.0 Å². The minimum Gasteiger partial charge on any atom is -0.267 e. The summed E-state index contributed by atoms with van der Waals surface area (Å²) >= 11 is 0. The number of benzene rings is 1. The zero-order valence-electron chi connectivity index (χ0n) is 12.7. The first-order valence-corrected chi connectivity index (χ1v) is 6.67. The highest BCUT2D eigenvalue weighted by Crippen LogP contribution is 2.22. The van der Waals surface area contributed by atoms with Gasteiger partial charge in [0.1, 0.15) is 0 Å². The van der Waals surface area contributed by atoms with Crippen LogP contribution in [0.2, 0.25) is 0 Å². The first-order valence-electron chi connectivity index (χ1n) is 6.67. The lowest BCUT2D eigenvalue weighted by atomic mass is 9.87. The molecule has 104 valence electrons. The Morgan fingerprint density at radius 1 is 1.16 bits per heavy atom. The van der Waals surface area contributed by atoms with E-state index < -0.39 is 0 Å². The Labute approximate surface area is 116 Å². The molecule has 0 saturated heterocycles. The lowest BCUT2D eigenvalue weighted by Gasteiger charge is -2.18. The van der Waals surface area contributed by atoms with Crippen molar-refractivity contribution in [3.8, 4) is 0 Å². The SMILES string of the molecule is C/C(=N/NC(=O)c1ccc(C(C)(C)C)cc1)C(C)C. The minimum absolute atomic E-state index is 0.0986. The maximum atomic E-state index is 11.9. The third-order valence-corrected chi connectivity index (χ3v) is 3.18. The third kappa shape index (κ3) is 4.51. The fourth-order valence-electron chi connectivity index (χ4n) is 1.45. The molecule has 0 aliphatic carbocycles. The molecule has 0 aliphatic rings. The maximum Gasteiger partial charge on any atom is 0.271 e. The van der Waals surface area contributed by atoms with Crippen LogP contribution in [-0.2, 0) is 5.41 Å². The van der Waals surface area contributed by atoms with E-state index in [1.807, 2.05) is 45.0 Å². The van der Waals surface area contributed by atoms with Gasteiger partial charge >= 0.3 is 0 Å².